The lowest BCUT2D eigenvalue weighted by molar-refractivity contribution is -0.127. The fraction of sp³-hybridized carbons (Fsp3) is 0.174. The summed E-state index contributed by atoms with van der Waals surface area (Å²) >= 11 is 2.66. The molecule has 0 atom stereocenters. The van der Waals surface area contributed by atoms with Gasteiger partial charge >= 0.3 is 0 Å². The lowest BCUT2D eigenvalue weighted by Crippen LogP contribution is -2.28. The first-order valence-corrected chi connectivity index (χ1v) is 11.4. The van der Waals surface area contributed by atoms with E-state index in [2.05, 4.69) is 4.98 Å². The van der Waals surface area contributed by atoms with E-state index in [4.69, 9.17) is 0 Å². The summed E-state index contributed by atoms with van der Waals surface area (Å²) in [6.07, 6.45) is 0. The smallest absolute Gasteiger partial charge is 0.262 e. The quantitative estimate of drug-likeness (QED) is 0.317. The monoisotopic (exact) mass is 453 g/mol. The van der Waals surface area contributed by atoms with Gasteiger partial charge in [0.25, 0.3) is 5.56 Å². The van der Waals surface area contributed by atoms with Gasteiger partial charge in [-0.25, -0.2) is 9.37 Å². The fourth-order valence-electron chi connectivity index (χ4n) is 3.13. The van der Waals surface area contributed by atoms with Crippen LogP contribution in [0, 0.1) is 5.82 Å². The molecule has 0 bridgehead atoms. The van der Waals surface area contributed by atoms with Crippen molar-refractivity contribution in [3.8, 4) is 10.4 Å². The summed E-state index contributed by atoms with van der Waals surface area (Å²) in [5.74, 6) is -0.400. The molecule has 5 nitrogen and oxygen atoms in total. The molecule has 2 aromatic carbocycles. The maximum absolute atomic E-state index is 13.8. The van der Waals surface area contributed by atoms with Gasteiger partial charge in [0.2, 0.25) is 5.91 Å². The summed E-state index contributed by atoms with van der Waals surface area (Å²) in [6.45, 7) is 0.183. The predicted octanol–water partition coefficient (Wildman–Crippen LogP) is 4.55. The zero-order chi connectivity index (χ0) is 22.0. The van der Waals surface area contributed by atoms with Gasteiger partial charge in [0.05, 0.1) is 11.1 Å². The van der Waals surface area contributed by atoms with Crippen LogP contribution >= 0.6 is 23.1 Å². The van der Waals surface area contributed by atoms with E-state index in [1.807, 2.05) is 36.4 Å². The fourth-order valence-corrected chi connectivity index (χ4v) is 5.12. The molecule has 2 heterocycles. The number of rotatable bonds is 6. The Bertz CT molecular complexity index is 1300. The van der Waals surface area contributed by atoms with Crippen LogP contribution in [0.5, 0.6) is 0 Å². The first-order chi connectivity index (χ1) is 14.9. The highest BCUT2D eigenvalue weighted by Crippen LogP contribution is 2.32. The molecule has 158 valence electrons. The molecule has 31 heavy (non-hydrogen) atoms. The number of halogens is 1. The number of amides is 1. The molecule has 0 aliphatic rings. The van der Waals surface area contributed by atoms with Crippen molar-refractivity contribution in [3.05, 3.63) is 82.4 Å². The van der Waals surface area contributed by atoms with Crippen molar-refractivity contribution < 1.29 is 9.18 Å². The van der Waals surface area contributed by atoms with Crippen molar-refractivity contribution in [1.29, 1.82) is 0 Å². The van der Waals surface area contributed by atoms with E-state index in [9.17, 15) is 14.0 Å². The van der Waals surface area contributed by atoms with Gasteiger partial charge in [-0.15, -0.1) is 11.3 Å². The molecule has 0 saturated heterocycles. The van der Waals surface area contributed by atoms with E-state index in [1.165, 1.54) is 38.6 Å². The Balaban J connectivity index is 1.52. The van der Waals surface area contributed by atoms with Crippen LogP contribution in [-0.4, -0.2) is 33.2 Å². The third-order valence-electron chi connectivity index (χ3n) is 4.91. The normalized spacial score (nSPS) is 11.1. The average Bonchev–Trinajstić information content (AvgIpc) is 3.21. The van der Waals surface area contributed by atoms with Crippen molar-refractivity contribution in [1.82, 2.24) is 14.5 Å². The molecule has 0 aliphatic carbocycles. The second-order valence-electron chi connectivity index (χ2n) is 7.08. The summed E-state index contributed by atoms with van der Waals surface area (Å²) in [5, 5.41) is 1.05. The molecule has 4 aromatic rings. The van der Waals surface area contributed by atoms with Crippen LogP contribution in [0.25, 0.3) is 20.7 Å². The second-order valence-corrected chi connectivity index (χ2v) is 9.06. The average molecular weight is 454 g/mol. The van der Waals surface area contributed by atoms with E-state index in [0.717, 1.165) is 10.4 Å². The minimum absolute atomic E-state index is 0.105. The Morgan fingerprint density at radius 1 is 1.16 bits per heavy atom. The van der Waals surface area contributed by atoms with Gasteiger partial charge in [-0.05, 0) is 17.7 Å². The summed E-state index contributed by atoms with van der Waals surface area (Å²) < 4.78 is 15.3. The first-order valence-electron chi connectivity index (χ1n) is 9.60. The summed E-state index contributed by atoms with van der Waals surface area (Å²) in [7, 11) is 3.29. The molecule has 0 radical (unpaired) electrons. The number of nitrogens with zero attached hydrogens (tertiary/aromatic N) is 3. The Labute approximate surface area is 187 Å². The van der Waals surface area contributed by atoms with E-state index in [1.54, 1.807) is 32.3 Å². The molecule has 0 unspecified atom stereocenters. The van der Waals surface area contributed by atoms with Crippen LogP contribution in [0.2, 0.25) is 0 Å². The van der Waals surface area contributed by atoms with Gasteiger partial charge in [-0.2, -0.15) is 0 Å². The summed E-state index contributed by atoms with van der Waals surface area (Å²) in [5.41, 5.74) is 1.35. The molecule has 0 N–H and O–H groups in total. The molecule has 2 aromatic heterocycles. The molecular weight excluding hydrogens is 433 g/mol. The van der Waals surface area contributed by atoms with Crippen LogP contribution in [0.15, 0.2) is 70.6 Å². The molecular formula is C23H20FN3O2S2. The van der Waals surface area contributed by atoms with Crippen molar-refractivity contribution in [2.75, 3.05) is 12.8 Å². The van der Waals surface area contributed by atoms with Crippen LogP contribution in [-0.2, 0) is 18.4 Å². The number of hydrogen-bond acceptors (Lipinski definition) is 5. The first kappa shape index (κ1) is 21.3. The summed E-state index contributed by atoms with van der Waals surface area (Å²) in [6, 6.07) is 18.1. The molecule has 8 heteroatoms. The predicted molar refractivity (Wildman–Crippen MR) is 124 cm³/mol. The zero-order valence-electron chi connectivity index (χ0n) is 17.0. The lowest BCUT2D eigenvalue weighted by atomic mass is 10.2. The van der Waals surface area contributed by atoms with E-state index in [0.29, 0.717) is 20.9 Å². The van der Waals surface area contributed by atoms with Crippen molar-refractivity contribution in [3.63, 3.8) is 0 Å². The molecule has 1 amide bonds. The maximum atomic E-state index is 13.8. The third-order valence-corrected chi connectivity index (χ3v) is 7.00. The number of benzene rings is 2. The molecule has 4 rings (SSSR count). The minimum Gasteiger partial charge on any atom is -0.341 e. The number of thiophene rings is 1. The molecule has 0 spiro atoms. The van der Waals surface area contributed by atoms with Crippen LogP contribution in [0.4, 0.5) is 4.39 Å². The van der Waals surface area contributed by atoms with Crippen LogP contribution < -0.4 is 5.56 Å². The Kier molecular flexibility index (Phi) is 6.20. The SMILES string of the molecule is CN(Cc1ccccc1F)C(=O)CSc1nc2sc(-c3ccccc3)cc2c(=O)n1C. The summed E-state index contributed by atoms with van der Waals surface area (Å²) in [4.78, 5) is 33.1. The number of hydrogen-bond donors (Lipinski definition) is 0. The molecule has 0 saturated carbocycles. The van der Waals surface area contributed by atoms with Gasteiger partial charge in [0.1, 0.15) is 10.6 Å². The van der Waals surface area contributed by atoms with Crippen molar-refractivity contribution in [2.45, 2.75) is 11.7 Å². The maximum Gasteiger partial charge on any atom is 0.262 e. The molecule has 0 fully saturated rings. The minimum atomic E-state index is -0.337. The van der Waals surface area contributed by atoms with Gasteiger partial charge < -0.3 is 4.90 Å². The van der Waals surface area contributed by atoms with Crippen LogP contribution in [0.3, 0.4) is 0 Å². The van der Waals surface area contributed by atoms with Gasteiger partial charge in [0.15, 0.2) is 5.16 Å². The third kappa shape index (κ3) is 4.55. The van der Waals surface area contributed by atoms with E-state index in [-0.39, 0.29) is 29.6 Å². The Morgan fingerprint density at radius 2 is 1.87 bits per heavy atom. The van der Waals surface area contributed by atoms with Crippen molar-refractivity contribution >= 4 is 39.2 Å². The number of aromatic nitrogens is 2. The van der Waals surface area contributed by atoms with Gasteiger partial charge in [0, 0.05) is 31.1 Å². The van der Waals surface area contributed by atoms with Gasteiger partial charge in [-0.3, -0.25) is 14.2 Å². The number of carbonyl (C=O) groups excluding carboxylic acids is 1. The Morgan fingerprint density at radius 3 is 2.61 bits per heavy atom. The Hall–Kier alpha value is -2.97. The van der Waals surface area contributed by atoms with E-state index >= 15 is 0 Å². The zero-order valence-corrected chi connectivity index (χ0v) is 18.7. The highest BCUT2D eigenvalue weighted by atomic mass is 32.2. The second kappa shape index (κ2) is 9.03. The molecule has 0 aliphatic heterocycles. The number of thioether (sulfide) groups is 1. The van der Waals surface area contributed by atoms with Crippen molar-refractivity contribution in [2.24, 2.45) is 7.05 Å². The number of carbonyl (C=O) groups is 1. The van der Waals surface area contributed by atoms with Gasteiger partial charge in [-0.1, -0.05) is 60.3 Å². The highest BCUT2D eigenvalue weighted by molar-refractivity contribution is 7.99. The topological polar surface area (TPSA) is 55.2 Å². The van der Waals surface area contributed by atoms with E-state index < -0.39 is 0 Å². The lowest BCUT2D eigenvalue weighted by Gasteiger charge is -2.17. The largest absolute Gasteiger partial charge is 0.341 e. The standard InChI is InChI=1S/C23H20FN3O2S2/c1-26(13-16-10-6-7-11-18(16)24)20(28)14-30-23-25-21-17(22(29)27(23)2)12-19(31-21)15-8-4-3-5-9-15/h3-12H,13-14H2,1-2H3. The highest BCUT2D eigenvalue weighted by Gasteiger charge is 2.16. The van der Waals surface area contributed by atoms with Crippen LogP contribution in [0.1, 0.15) is 5.56 Å². The number of fused-ring (bicyclic) bond motifs is 1.